The first-order chi connectivity index (χ1) is 13.5. The molecule has 1 atom stereocenters. The molecule has 2 aromatic carbocycles. The van der Waals surface area contributed by atoms with Crippen molar-refractivity contribution in [3.63, 3.8) is 0 Å². The predicted molar refractivity (Wildman–Crippen MR) is 106 cm³/mol. The molecule has 0 aliphatic carbocycles. The second-order valence-electron chi connectivity index (χ2n) is 7.69. The number of aliphatic carboxylic acids is 1. The number of carbonyl (C=O) groups is 2. The second-order valence-corrected chi connectivity index (χ2v) is 7.69. The van der Waals surface area contributed by atoms with Gasteiger partial charge in [0.05, 0.1) is 6.61 Å². The van der Waals surface area contributed by atoms with E-state index in [1.165, 1.54) is 4.90 Å². The summed E-state index contributed by atoms with van der Waals surface area (Å²) in [6.07, 6.45) is 2.34. The molecule has 4 rings (SSSR count). The third-order valence-corrected chi connectivity index (χ3v) is 5.94. The van der Waals surface area contributed by atoms with E-state index >= 15 is 0 Å². The van der Waals surface area contributed by atoms with Gasteiger partial charge in [-0.25, -0.2) is 4.79 Å². The van der Waals surface area contributed by atoms with E-state index in [1.54, 1.807) is 6.07 Å². The van der Waals surface area contributed by atoms with Crippen LogP contribution in [0.25, 0.3) is 10.8 Å². The Bertz CT molecular complexity index is 889. The second kappa shape index (κ2) is 7.53. The van der Waals surface area contributed by atoms with E-state index in [1.807, 2.05) is 36.4 Å². The van der Waals surface area contributed by atoms with Crippen molar-refractivity contribution in [2.24, 2.45) is 0 Å². The Labute approximate surface area is 164 Å². The van der Waals surface area contributed by atoms with Gasteiger partial charge in [-0.3, -0.25) is 9.69 Å². The maximum absolute atomic E-state index is 13.5. The molecule has 0 radical (unpaired) electrons. The number of piperidine rings is 1. The van der Waals surface area contributed by atoms with E-state index < -0.39 is 17.7 Å². The fraction of sp³-hybridized carbons (Fsp3) is 0.455. The Morgan fingerprint density at radius 1 is 1.14 bits per heavy atom. The molecule has 1 N–H and O–H groups in total. The van der Waals surface area contributed by atoms with Crippen LogP contribution in [0.4, 0.5) is 0 Å². The van der Waals surface area contributed by atoms with E-state index in [9.17, 15) is 14.7 Å². The predicted octanol–water partition coefficient (Wildman–Crippen LogP) is 2.97. The van der Waals surface area contributed by atoms with Crippen LogP contribution in [0.5, 0.6) is 0 Å². The van der Waals surface area contributed by atoms with E-state index in [-0.39, 0.29) is 12.5 Å². The number of nitrogens with zero attached hydrogens (tertiary/aromatic N) is 2. The lowest BCUT2D eigenvalue weighted by Crippen LogP contribution is -2.58. The van der Waals surface area contributed by atoms with E-state index in [0.717, 1.165) is 36.8 Å². The number of carboxylic acid groups (broad SMARTS) is 1. The smallest absolute Gasteiger partial charge is 0.328 e. The van der Waals surface area contributed by atoms with Crippen LogP contribution >= 0.6 is 0 Å². The van der Waals surface area contributed by atoms with Crippen molar-refractivity contribution < 1.29 is 19.4 Å². The Balaban J connectivity index is 1.66. The van der Waals surface area contributed by atoms with Gasteiger partial charge in [-0.2, -0.15) is 0 Å². The fourth-order valence-corrected chi connectivity index (χ4v) is 4.46. The quantitative estimate of drug-likeness (QED) is 0.880. The number of likely N-dealkylation sites (tertiary alicyclic amines) is 1. The highest BCUT2D eigenvalue weighted by Gasteiger charge is 2.53. The molecule has 2 aliphatic heterocycles. The van der Waals surface area contributed by atoms with E-state index in [2.05, 4.69) is 11.8 Å². The van der Waals surface area contributed by atoms with Crippen LogP contribution < -0.4 is 0 Å². The molecule has 148 valence electrons. The number of carbonyl (C=O) groups excluding carboxylic acids is 1. The number of hydrogen-bond donors (Lipinski definition) is 1. The van der Waals surface area contributed by atoms with Crippen molar-refractivity contribution in [3.8, 4) is 0 Å². The Morgan fingerprint density at radius 3 is 2.54 bits per heavy atom. The number of ether oxygens (including phenoxy) is 1. The zero-order chi connectivity index (χ0) is 19.7. The van der Waals surface area contributed by atoms with Gasteiger partial charge in [0.15, 0.2) is 6.04 Å². The molecular weight excluding hydrogens is 356 g/mol. The summed E-state index contributed by atoms with van der Waals surface area (Å²) in [5.74, 6) is -1.28. The molecule has 6 heteroatoms. The molecule has 1 amide bonds. The number of hydrogen-bond acceptors (Lipinski definition) is 4. The normalized spacial score (nSPS) is 22.0. The first-order valence-electron chi connectivity index (χ1n) is 9.96. The van der Waals surface area contributed by atoms with Gasteiger partial charge in [0.2, 0.25) is 0 Å². The third-order valence-electron chi connectivity index (χ3n) is 5.94. The standard InChI is InChI=1S/C22H26N2O4/c1-2-11-23-12-9-22(10-13-23)24(19(15-28-22)21(26)27)20(25)18-8-7-16-5-3-4-6-17(16)14-18/h3-8,14,19H,2,9-13,15H2,1H3,(H,26,27)/t19-/m0/s1. The molecule has 2 heterocycles. The van der Waals surface area contributed by atoms with Crippen LogP contribution in [-0.2, 0) is 9.53 Å². The van der Waals surface area contributed by atoms with Crippen LogP contribution in [-0.4, -0.2) is 64.8 Å². The van der Waals surface area contributed by atoms with Gasteiger partial charge < -0.3 is 14.7 Å². The van der Waals surface area contributed by atoms with Gasteiger partial charge in [-0.05, 0) is 35.9 Å². The highest BCUT2D eigenvalue weighted by Crippen LogP contribution is 2.38. The molecule has 6 nitrogen and oxygen atoms in total. The minimum atomic E-state index is -1.01. The molecular formula is C22H26N2O4. The molecule has 2 fully saturated rings. The number of carboxylic acids is 1. The summed E-state index contributed by atoms with van der Waals surface area (Å²) in [5, 5.41) is 11.7. The Hall–Kier alpha value is -2.44. The summed E-state index contributed by atoms with van der Waals surface area (Å²) in [5.41, 5.74) is -0.318. The monoisotopic (exact) mass is 382 g/mol. The van der Waals surface area contributed by atoms with Crippen LogP contribution in [0.3, 0.4) is 0 Å². The number of benzene rings is 2. The lowest BCUT2D eigenvalue weighted by atomic mass is 9.96. The maximum Gasteiger partial charge on any atom is 0.328 e. The van der Waals surface area contributed by atoms with Gasteiger partial charge in [-0.15, -0.1) is 0 Å². The summed E-state index contributed by atoms with van der Waals surface area (Å²) in [6.45, 7) is 4.81. The molecule has 0 bridgehead atoms. The van der Waals surface area contributed by atoms with E-state index in [4.69, 9.17) is 4.74 Å². The van der Waals surface area contributed by atoms with Gasteiger partial charge in [0.1, 0.15) is 5.72 Å². The largest absolute Gasteiger partial charge is 0.480 e. The number of rotatable bonds is 4. The van der Waals surface area contributed by atoms with Gasteiger partial charge >= 0.3 is 5.97 Å². The van der Waals surface area contributed by atoms with Crippen molar-refractivity contribution in [1.82, 2.24) is 9.80 Å². The first-order valence-corrected chi connectivity index (χ1v) is 9.96. The topological polar surface area (TPSA) is 70.1 Å². The number of amides is 1. The average molecular weight is 382 g/mol. The summed E-state index contributed by atoms with van der Waals surface area (Å²) in [4.78, 5) is 29.2. The summed E-state index contributed by atoms with van der Waals surface area (Å²) in [7, 11) is 0. The molecule has 28 heavy (non-hydrogen) atoms. The average Bonchev–Trinajstić information content (AvgIpc) is 3.08. The third kappa shape index (κ3) is 3.27. The molecule has 0 aromatic heterocycles. The number of fused-ring (bicyclic) bond motifs is 1. The zero-order valence-electron chi connectivity index (χ0n) is 16.1. The van der Waals surface area contributed by atoms with Crippen LogP contribution in [0, 0.1) is 0 Å². The van der Waals surface area contributed by atoms with Crippen molar-refractivity contribution in [2.75, 3.05) is 26.2 Å². The highest BCUT2D eigenvalue weighted by molar-refractivity contribution is 6.00. The SMILES string of the molecule is CCCN1CCC2(CC1)OC[C@@H](C(=O)O)N2C(=O)c1ccc2ccccc2c1. The van der Waals surface area contributed by atoms with Crippen molar-refractivity contribution >= 4 is 22.6 Å². The Morgan fingerprint density at radius 2 is 1.86 bits per heavy atom. The minimum absolute atomic E-state index is 0.0441. The van der Waals surface area contributed by atoms with Gasteiger partial charge in [0.25, 0.3) is 5.91 Å². The summed E-state index contributed by atoms with van der Waals surface area (Å²) < 4.78 is 6.02. The van der Waals surface area contributed by atoms with Crippen molar-refractivity contribution in [2.45, 2.75) is 38.0 Å². The van der Waals surface area contributed by atoms with Crippen LogP contribution in [0.2, 0.25) is 0 Å². The molecule has 1 spiro atoms. The molecule has 2 aromatic rings. The van der Waals surface area contributed by atoms with E-state index in [0.29, 0.717) is 18.4 Å². The molecule has 0 unspecified atom stereocenters. The fourth-order valence-electron chi connectivity index (χ4n) is 4.46. The molecule has 0 saturated carbocycles. The lowest BCUT2D eigenvalue weighted by Gasteiger charge is -2.44. The van der Waals surface area contributed by atoms with Crippen molar-refractivity contribution in [3.05, 3.63) is 48.0 Å². The van der Waals surface area contributed by atoms with Gasteiger partial charge in [0, 0.05) is 31.5 Å². The Kier molecular flexibility index (Phi) is 5.08. The zero-order valence-corrected chi connectivity index (χ0v) is 16.1. The molecule has 2 saturated heterocycles. The molecule has 2 aliphatic rings. The highest BCUT2D eigenvalue weighted by atomic mass is 16.5. The summed E-state index contributed by atoms with van der Waals surface area (Å²) in [6, 6.07) is 12.4. The first kappa shape index (κ1) is 18.9. The van der Waals surface area contributed by atoms with Crippen molar-refractivity contribution in [1.29, 1.82) is 0 Å². The minimum Gasteiger partial charge on any atom is -0.480 e. The van der Waals surface area contributed by atoms with Gasteiger partial charge in [-0.1, -0.05) is 37.3 Å². The maximum atomic E-state index is 13.5. The van der Waals surface area contributed by atoms with Crippen LogP contribution in [0.15, 0.2) is 42.5 Å². The van der Waals surface area contributed by atoms with Crippen LogP contribution in [0.1, 0.15) is 36.5 Å². The lowest BCUT2D eigenvalue weighted by molar-refractivity contribution is -0.143. The summed E-state index contributed by atoms with van der Waals surface area (Å²) >= 11 is 0.